The molecule has 0 saturated heterocycles. The van der Waals surface area contributed by atoms with Gasteiger partial charge in [0, 0.05) is 11.1 Å². The second kappa shape index (κ2) is 7.19. The van der Waals surface area contributed by atoms with Crippen LogP contribution in [0.1, 0.15) is 18.9 Å². The number of ether oxygens (including phenoxy) is 1. The third-order valence-electron chi connectivity index (χ3n) is 4.07. The Labute approximate surface area is 151 Å². The number of rotatable bonds is 5. The van der Waals surface area contributed by atoms with E-state index in [9.17, 15) is 9.59 Å². The largest absolute Gasteiger partial charge is 0.496 e. The van der Waals surface area contributed by atoms with Crippen LogP contribution in [0.3, 0.4) is 0 Å². The normalized spacial score (nSPS) is 19.9. The van der Waals surface area contributed by atoms with E-state index in [4.69, 9.17) is 16.3 Å². The number of benzene rings is 1. The fraction of sp³-hybridized carbons (Fsp3) is 0.333. The maximum atomic E-state index is 13.0. The third-order valence-corrected chi connectivity index (χ3v) is 4.30. The van der Waals surface area contributed by atoms with Gasteiger partial charge in [0.2, 0.25) is 0 Å². The van der Waals surface area contributed by atoms with Crippen molar-refractivity contribution in [1.82, 2.24) is 4.90 Å². The van der Waals surface area contributed by atoms with Crippen molar-refractivity contribution in [1.29, 1.82) is 0 Å². The number of hydrogen-bond donors (Lipinski definition) is 0. The Morgan fingerprint density at radius 3 is 2.88 bits per heavy atom. The molecule has 1 unspecified atom stereocenters. The molecule has 7 heteroatoms. The molecule has 1 aromatic rings. The van der Waals surface area contributed by atoms with Gasteiger partial charge < -0.3 is 4.74 Å². The number of halogens is 1. The Hall–Kier alpha value is -2.47. The minimum Gasteiger partial charge on any atom is -0.496 e. The Morgan fingerprint density at radius 1 is 1.36 bits per heavy atom. The van der Waals surface area contributed by atoms with Gasteiger partial charge in [0.05, 0.1) is 13.7 Å². The van der Waals surface area contributed by atoms with Crippen molar-refractivity contribution >= 4 is 35.6 Å². The molecule has 0 aliphatic carbocycles. The molecule has 0 saturated carbocycles. The van der Waals surface area contributed by atoms with Crippen LogP contribution in [0.15, 0.2) is 41.1 Å². The van der Waals surface area contributed by atoms with Crippen molar-refractivity contribution in [2.45, 2.75) is 19.9 Å². The lowest BCUT2D eigenvalue weighted by atomic mass is 9.99. The average Bonchev–Trinajstić information content (AvgIpc) is 2.61. The highest BCUT2D eigenvalue weighted by atomic mass is 35.5. The summed E-state index contributed by atoms with van der Waals surface area (Å²) in [5.74, 6) is -0.117. The van der Waals surface area contributed by atoms with Crippen LogP contribution in [-0.4, -0.2) is 47.1 Å². The molecule has 0 aromatic heterocycles. The van der Waals surface area contributed by atoms with Gasteiger partial charge in [-0.2, -0.15) is 9.48 Å². The fourth-order valence-corrected chi connectivity index (χ4v) is 3.05. The molecule has 1 aromatic carbocycles. The van der Waals surface area contributed by atoms with Gasteiger partial charge in [0.25, 0.3) is 5.84 Å². The first-order valence-electron chi connectivity index (χ1n) is 8.10. The molecule has 0 radical (unpaired) electrons. The van der Waals surface area contributed by atoms with Gasteiger partial charge in [-0.1, -0.05) is 30.7 Å². The molecular weight excluding hydrogens is 342 g/mol. The van der Waals surface area contributed by atoms with Gasteiger partial charge in [0.1, 0.15) is 18.5 Å². The summed E-state index contributed by atoms with van der Waals surface area (Å²) in [5.41, 5.74) is 0.783. The lowest BCUT2D eigenvalue weighted by molar-refractivity contribution is -0.409. The van der Waals surface area contributed by atoms with Crippen LogP contribution >= 0.6 is 11.6 Å². The van der Waals surface area contributed by atoms with Gasteiger partial charge >= 0.3 is 11.9 Å². The molecule has 0 N–H and O–H groups in total. The molecule has 0 fully saturated rings. The van der Waals surface area contributed by atoms with Crippen molar-refractivity contribution in [3.05, 3.63) is 46.7 Å². The topological polar surface area (TPSA) is 62.0 Å². The molecule has 2 aliphatic heterocycles. The third kappa shape index (κ3) is 3.35. The summed E-state index contributed by atoms with van der Waals surface area (Å²) < 4.78 is 7.11. The highest BCUT2D eigenvalue weighted by molar-refractivity contribution is 6.30. The molecule has 130 valence electrons. The lowest BCUT2D eigenvalue weighted by Crippen LogP contribution is -2.54. The van der Waals surface area contributed by atoms with Crippen LogP contribution in [0.4, 0.5) is 4.79 Å². The number of dihydropyridines is 1. The zero-order valence-electron chi connectivity index (χ0n) is 14.1. The summed E-state index contributed by atoms with van der Waals surface area (Å²) in [5, 5.41) is 0.559. The number of nitrogens with zero attached hydrogens (tertiary/aromatic N) is 3. The number of fused-ring (bicyclic) bond motifs is 1. The van der Waals surface area contributed by atoms with E-state index in [0.717, 1.165) is 12.0 Å². The summed E-state index contributed by atoms with van der Waals surface area (Å²) in [6.07, 6.45) is 4.06. The highest BCUT2D eigenvalue weighted by Crippen LogP contribution is 2.26. The number of amides is 3. The fourth-order valence-electron chi connectivity index (χ4n) is 2.84. The van der Waals surface area contributed by atoms with Crippen LogP contribution in [-0.2, 0) is 16.1 Å². The molecule has 3 amide bonds. The van der Waals surface area contributed by atoms with Crippen LogP contribution in [0.5, 0.6) is 0 Å². The Balaban J connectivity index is 1.94. The summed E-state index contributed by atoms with van der Waals surface area (Å²) in [4.78, 5) is 31.1. The second-order valence-corrected chi connectivity index (χ2v) is 6.32. The van der Waals surface area contributed by atoms with Gasteiger partial charge in [-0.3, -0.25) is 4.79 Å². The summed E-state index contributed by atoms with van der Waals surface area (Å²) in [6.45, 7) is 2.64. The minimum atomic E-state index is -0.696. The number of aliphatic imine (C=N–C) groups is 1. The first-order chi connectivity index (χ1) is 12.0. The number of carbonyl (C=O) groups excluding carboxylic acids is 2. The molecular formula is C18H19ClN3O3+. The molecule has 0 bridgehead atoms. The van der Waals surface area contributed by atoms with E-state index >= 15 is 0 Å². The van der Waals surface area contributed by atoms with E-state index in [1.807, 2.05) is 13.0 Å². The summed E-state index contributed by atoms with van der Waals surface area (Å²) in [7, 11) is 1.61. The zero-order chi connectivity index (χ0) is 18.0. The molecule has 25 heavy (non-hydrogen) atoms. The van der Waals surface area contributed by atoms with Gasteiger partial charge in [-0.15, -0.1) is 4.99 Å². The maximum Gasteiger partial charge on any atom is 0.445 e. The smallest absolute Gasteiger partial charge is 0.445 e. The van der Waals surface area contributed by atoms with Crippen molar-refractivity contribution in [2.24, 2.45) is 10.9 Å². The van der Waals surface area contributed by atoms with E-state index in [2.05, 4.69) is 4.99 Å². The van der Waals surface area contributed by atoms with Crippen molar-refractivity contribution in [2.75, 3.05) is 13.7 Å². The Kier molecular flexibility index (Phi) is 4.99. The lowest BCUT2D eigenvalue weighted by Gasteiger charge is -2.28. The predicted octanol–water partition coefficient (Wildman–Crippen LogP) is 2.85. The first-order valence-corrected chi connectivity index (χ1v) is 8.48. The minimum absolute atomic E-state index is 0.150. The van der Waals surface area contributed by atoms with Crippen molar-refractivity contribution < 1.29 is 18.9 Å². The van der Waals surface area contributed by atoms with Crippen LogP contribution in [0.2, 0.25) is 5.02 Å². The SMILES string of the molecule is CCCOC1=CC=NC2=[N+](C)C(=O)N(Cc3cccc(Cl)c3)C(=O)C12. The predicted molar refractivity (Wildman–Crippen MR) is 94.9 cm³/mol. The highest BCUT2D eigenvalue weighted by Gasteiger charge is 2.49. The number of urea groups is 1. The van der Waals surface area contributed by atoms with Gasteiger partial charge in [-0.25, -0.2) is 4.79 Å². The number of carbonyl (C=O) groups is 2. The molecule has 1 atom stereocenters. The van der Waals surface area contributed by atoms with E-state index in [0.29, 0.717) is 23.2 Å². The number of hydrogen-bond acceptors (Lipinski definition) is 4. The second-order valence-electron chi connectivity index (χ2n) is 5.88. The van der Waals surface area contributed by atoms with Gasteiger partial charge in [-0.05, 0) is 24.1 Å². The number of allylic oxidation sites excluding steroid dienone is 1. The van der Waals surface area contributed by atoms with Crippen LogP contribution < -0.4 is 0 Å². The maximum absolute atomic E-state index is 13.0. The Morgan fingerprint density at radius 2 is 2.16 bits per heavy atom. The quantitative estimate of drug-likeness (QED) is 0.758. The molecule has 0 spiro atoms. The number of imide groups is 1. The Bertz CT molecular complexity index is 814. The number of amidine groups is 1. The van der Waals surface area contributed by atoms with E-state index < -0.39 is 11.9 Å². The van der Waals surface area contributed by atoms with Crippen LogP contribution in [0, 0.1) is 5.92 Å². The first kappa shape index (κ1) is 17.4. The van der Waals surface area contributed by atoms with Gasteiger partial charge in [0.15, 0.2) is 5.92 Å². The molecule has 3 rings (SSSR count). The van der Waals surface area contributed by atoms with Crippen molar-refractivity contribution in [3.8, 4) is 0 Å². The van der Waals surface area contributed by atoms with E-state index in [-0.39, 0.29) is 12.5 Å². The van der Waals surface area contributed by atoms with E-state index in [1.54, 1.807) is 37.5 Å². The summed E-state index contributed by atoms with van der Waals surface area (Å²) in [6, 6.07) is 6.70. The molecule has 2 heterocycles. The molecule has 6 nitrogen and oxygen atoms in total. The average molecular weight is 361 g/mol. The summed E-state index contributed by atoms with van der Waals surface area (Å²) >= 11 is 6.00. The van der Waals surface area contributed by atoms with Crippen molar-refractivity contribution in [3.63, 3.8) is 0 Å². The zero-order valence-corrected chi connectivity index (χ0v) is 14.9. The standard InChI is InChI=1S/C18H19ClN3O3/c1-3-9-25-14-7-8-20-16-15(14)17(23)22(18(24)21(16)2)11-12-5-4-6-13(19)10-12/h4-8,10,15H,3,9,11H2,1-2H3/q+1. The van der Waals surface area contributed by atoms with Crippen LogP contribution in [0.25, 0.3) is 0 Å². The molecule has 2 aliphatic rings. The van der Waals surface area contributed by atoms with E-state index in [1.165, 1.54) is 9.48 Å². The monoisotopic (exact) mass is 360 g/mol.